The van der Waals surface area contributed by atoms with Gasteiger partial charge in [-0.25, -0.2) is 0 Å². The van der Waals surface area contributed by atoms with Crippen molar-refractivity contribution >= 4 is 27.6 Å². The van der Waals surface area contributed by atoms with Crippen LogP contribution in [0.15, 0.2) is 54.7 Å². The Morgan fingerprint density at radius 1 is 1.17 bits per heavy atom. The van der Waals surface area contributed by atoms with Crippen LogP contribution in [0.25, 0.3) is 10.9 Å². The van der Waals surface area contributed by atoms with Crippen molar-refractivity contribution in [2.24, 2.45) is 0 Å². The summed E-state index contributed by atoms with van der Waals surface area (Å²) in [4.78, 5) is 15.5. The van der Waals surface area contributed by atoms with Crippen LogP contribution in [-0.2, 0) is 23.0 Å². The van der Waals surface area contributed by atoms with Crippen LogP contribution in [0.2, 0.25) is 0 Å². The van der Waals surface area contributed by atoms with E-state index in [1.807, 2.05) is 42.6 Å². The Kier molecular flexibility index (Phi) is 5.11. The van der Waals surface area contributed by atoms with E-state index in [0.717, 1.165) is 17.5 Å². The molecule has 3 rings (SSSR count). The highest BCUT2D eigenvalue weighted by Gasteiger charge is 2.08. The summed E-state index contributed by atoms with van der Waals surface area (Å²) >= 11 is 0. The number of benzene rings is 2. The van der Waals surface area contributed by atoms with Crippen molar-refractivity contribution in [3.05, 3.63) is 71.4 Å². The van der Waals surface area contributed by atoms with Gasteiger partial charge >= 0.3 is 0 Å². The highest BCUT2D eigenvalue weighted by molar-refractivity contribution is 7.83. The standard InChI is InChI=1S/C19H20N2O2S/c1-24(23)13-14-5-4-6-15(11-14)19(22)20-10-9-16-12-21-18-8-3-2-7-17(16)18/h2-8,11-12,21H,9-10,13H2,1H3,(H,20,22)/t24-/m0/s1. The van der Waals surface area contributed by atoms with Crippen molar-refractivity contribution in [3.63, 3.8) is 0 Å². The lowest BCUT2D eigenvalue weighted by Gasteiger charge is -2.06. The van der Waals surface area contributed by atoms with E-state index in [0.29, 0.717) is 17.9 Å². The molecule has 0 saturated heterocycles. The largest absolute Gasteiger partial charge is 0.361 e. The van der Waals surface area contributed by atoms with Crippen molar-refractivity contribution < 1.29 is 9.00 Å². The lowest BCUT2D eigenvalue weighted by Crippen LogP contribution is -2.25. The molecule has 3 aromatic rings. The molecule has 2 N–H and O–H groups in total. The molecule has 1 aromatic heterocycles. The minimum Gasteiger partial charge on any atom is -0.361 e. The van der Waals surface area contributed by atoms with Gasteiger partial charge in [0.05, 0.1) is 0 Å². The van der Waals surface area contributed by atoms with Crippen LogP contribution in [-0.4, -0.2) is 27.9 Å². The van der Waals surface area contributed by atoms with Gasteiger partial charge in [-0.15, -0.1) is 0 Å². The van der Waals surface area contributed by atoms with E-state index in [4.69, 9.17) is 0 Å². The summed E-state index contributed by atoms with van der Waals surface area (Å²) < 4.78 is 11.3. The Labute approximate surface area is 143 Å². The molecule has 0 aliphatic carbocycles. The molecule has 1 heterocycles. The van der Waals surface area contributed by atoms with E-state index in [1.54, 1.807) is 12.3 Å². The quantitative estimate of drug-likeness (QED) is 0.724. The number of amides is 1. The highest BCUT2D eigenvalue weighted by atomic mass is 32.2. The minimum absolute atomic E-state index is 0.0985. The van der Waals surface area contributed by atoms with E-state index in [-0.39, 0.29) is 5.91 Å². The first-order valence-corrected chi connectivity index (χ1v) is 9.58. The van der Waals surface area contributed by atoms with Crippen molar-refractivity contribution in [2.45, 2.75) is 12.2 Å². The minimum atomic E-state index is -0.912. The molecular weight excluding hydrogens is 320 g/mol. The van der Waals surface area contributed by atoms with Crippen molar-refractivity contribution in [2.75, 3.05) is 12.8 Å². The lowest BCUT2D eigenvalue weighted by molar-refractivity contribution is 0.0954. The lowest BCUT2D eigenvalue weighted by atomic mass is 10.1. The third-order valence-corrected chi connectivity index (χ3v) is 4.65. The van der Waals surface area contributed by atoms with Gasteiger partial charge in [-0.3, -0.25) is 9.00 Å². The van der Waals surface area contributed by atoms with Crippen molar-refractivity contribution in [1.82, 2.24) is 10.3 Å². The van der Waals surface area contributed by atoms with E-state index < -0.39 is 10.8 Å². The third kappa shape index (κ3) is 3.92. The first-order valence-electron chi connectivity index (χ1n) is 7.85. The second kappa shape index (κ2) is 7.45. The molecule has 0 unspecified atom stereocenters. The Balaban J connectivity index is 1.60. The molecule has 0 spiro atoms. The maximum Gasteiger partial charge on any atom is 0.251 e. The predicted octanol–water partition coefficient (Wildman–Crippen LogP) is 3.02. The summed E-state index contributed by atoms with van der Waals surface area (Å²) in [7, 11) is -0.912. The van der Waals surface area contributed by atoms with Gasteiger partial charge in [-0.2, -0.15) is 0 Å². The van der Waals surface area contributed by atoms with Crippen LogP contribution in [0, 0.1) is 0 Å². The zero-order valence-corrected chi connectivity index (χ0v) is 14.4. The molecule has 24 heavy (non-hydrogen) atoms. The molecular formula is C19H20N2O2S. The van der Waals surface area contributed by atoms with Crippen LogP contribution in [0.4, 0.5) is 0 Å². The van der Waals surface area contributed by atoms with Crippen molar-refractivity contribution in [1.29, 1.82) is 0 Å². The number of para-hydroxylation sites is 1. The molecule has 0 aliphatic heterocycles. The van der Waals surface area contributed by atoms with Crippen LogP contribution in [0.5, 0.6) is 0 Å². The second-order valence-corrected chi connectivity index (χ2v) is 7.22. The normalized spacial score (nSPS) is 12.2. The Bertz CT molecular complexity index is 886. The molecule has 1 amide bonds. The number of aromatic nitrogens is 1. The van der Waals surface area contributed by atoms with Gasteiger partial charge in [0.25, 0.3) is 5.91 Å². The van der Waals surface area contributed by atoms with E-state index >= 15 is 0 Å². The molecule has 0 saturated carbocycles. The Morgan fingerprint density at radius 2 is 2.00 bits per heavy atom. The van der Waals surface area contributed by atoms with Gasteiger partial charge in [0.1, 0.15) is 0 Å². The average molecular weight is 340 g/mol. The zero-order valence-electron chi connectivity index (χ0n) is 13.5. The number of hydrogen-bond acceptors (Lipinski definition) is 2. The third-order valence-electron chi connectivity index (χ3n) is 3.91. The first-order chi connectivity index (χ1) is 11.6. The van der Waals surface area contributed by atoms with Gasteiger partial charge in [0.15, 0.2) is 0 Å². The fourth-order valence-electron chi connectivity index (χ4n) is 2.79. The summed E-state index contributed by atoms with van der Waals surface area (Å²) in [5.74, 6) is 0.370. The van der Waals surface area contributed by atoms with Crippen LogP contribution >= 0.6 is 0 Å². The van der Waals surface area contributed by atoms with Crippen molar-refractivity contribution in [3.8, 4) is 0 Å². The summed E-state index contributed by atoms with van der Waals surface area (Å²) in [6, 6.07) is 15.5. The molecule has 4 nitrogen and oxygen atoms in total. The first kappa shape index (κ1) is 16.5. The van der Waals surface area contributed by atoms with Gasteiger partial charge in [-0.05, 0) is 35.7 Å². The molecule has 1 atom stereocenters. The smallest absolute Gasteiger partial charge is 0.251 e. The number of H-pyrrole nitrogens is 1. The summed E-state index contributed by atoms with van der Waals surface area (Å²) in [6.07, 6.45) is 4.43. The zero-order chi connectivity index (χ0) is 16.9. The topological polar surface area (TPSA) is 62.0 Å². The molecule has 0 aliphatic rings. The molecule has 0 bridgehead atoms. The summed E-state index contributed by atoms with van der Waals surface area (Å²) in [5.41, 5.74) is 3.83. The van der Waals surface area contributed by atoms with Crippen LogP contribution in [0.1, 0.15) is 21.5 Å². The SMILES string of the molecule is C[S@](=O)Cc1cccc(C(=O)NCCc2c[nH]c3ccccc23)c1. The van der Waals surface area contributed by atoms with E-state index in [2.05, 4.69) is 16.4 Å². The molecule has 124 valence electrons. The van der Waals surface area contributed by atoms with Crippen LogP contribution in [0.3, 0.4) is 0 Å². The Morgan fingerprint density at radius 3 is 2.83 bits per heavy atom. The fraction of sp³-hybridized carbons (Fsp3) is 0.211. The van der Waals surface area contributed by atoms with Gasteiger partial charge in [0.2, 0.25) is 0 Å². The number of aromatic amines is 1. The van der Waals surface area contributed by atoms with E-state index in [9.17, 15) is 9.00 Å². The molecule has 0 fully saturated rings. The second-order valence-electron chi connectivity index (χ2n) is 5.78. The monoisotopic (exact) mass is 340 g/mol. The molecule has 0 radical (unpaired) electrons. The molecule has 2 aromatic carbocycles. The van der Waals surface area contributed by atoms with Crippen LogP contribution < -0.4 is 5.32 Å². The summed E-state index contributed by atoms with van der Waals surface area (Å²) in [5, 5.41) is 4.15. The number of carbonyl (C=O) groups excluding carboxylic acids is 1. The fourth-order valence-corrected chi connectivity index (χ4v) is 3.44. The average Bonchev–Trinajstić information content (AvgIpc) is 2.98. The Hall–Kier alpha value is -2.40. The maximum atomic E-state index is 12.3. The van der Waals surface area contributed by atoms with E-state index in [1.165, 1.54) is 10.9 Å². The highest BCUT2D eigenvalue weighted by Crippen LogP contribution is 2.17. The maximum absolute atomic E-state index is 12.3. The number of fused-ring (bicyclic) bond motifs is 1. The number of hydrogen-bond donors (Lipinski definition) is 2. The number of nitrogens with one attached hydrogen (secondary N) is 2. The van der Waals surface area contributed by atoms with Gasteiger partial charge in [0, 0.05) is 52.0 Å². The summed E-state index contributed by atoms with van der Waals surface area (Å²) in [6.45, 7) is 0.574. The van der Waals surface area contributed by atoms with Gasteiger partial charge in [-0.1, -0.05) is 30.3 Å². The number of rotatable bonds is 6. The number of carbonyl (C=O) groups is 1. The molecule has 5 heteroatoms. The predicted molar refractivity (Wildman–Crippen MR) is 98.5 cm³/mol. The van der Waals surface area contributed by atoms with Gasteiger partial charge < -0.3 is 10.3 Å².